The van der Waals surface area contributed by atoms with Crippen molar-refractivity contribution in [3.8, 4) is 10.8 Å². The van der Waals surface area contributed by atoms with E-state index in [4.69, 9.17) is 4.42 Å². The molecule has 0 saturated carbocycles. The maximum atomic E-state index is 12.3. The van der Waals surface area contributed by atoms with Crippen LogP contribution in [0.1, 0.15) is 26.0 Å². The number of hydrogen-bond donors (Lipinski definition) is 1. The quantitative estimate of drug-likeness (QED) is 0.767. The number of aryl methyl sites for hydroxylation is 2. The lowest BCUT2D eigenvalue weighted by Gasteiger charge is -2.02. The second-order valence-electron chi connectivity index (χ2n) is 4.93. The molecule has 3 heterocycles. The average Bonchev–Trinajstić information content (AvgIpc) is 3.19. The van der Waals surface area contributed by atoms with E-state index < -0.39 is 0 Å². The Hall–Kier alpha value is -1.92. The van der Waals surface area contributed by atoms with Gasteiger partial charge in [0.15, 0.2) is 10.8 Å². The van der Waals surface area contributed by atoms with Gasteiger partial charge in [0.1, 0.15) is 10.6 Å². The Labute approximate surface area is 136 Å². The number of thiazole rings is 1. The van der Waals surface area contributed by atoms with Crippen molar-refractivity contribution in [1.29, 1.82) is 0 Å². The maximum Gasteiger partial charge on any atom is 0.263 e. The van der Waals surface area contributed by atoms with E-state index in [0.29, 0.717) is 17.2 Å². The lowest BCUT2D eigenvalue weighted by atomic mass is 10.3. The zero-order chi connectivity index (χ0) is 15.5. The zero-order valence-electron chi connectivity index (χ0n) is 12.4. The number of thiophene rings is 1. The van der Waals surface area contributed by atoms with Crippen LogP contribution >= 0.6 is 22.7 Å². The minimum atomic E-state index is -0.0684. The molecule has 0 fully saturated rings. The summed E-state index contributed by atoms with van der Waals surface area (Å²) in [5, 5.41) is 5.74. The third-order valence-corrected chi connectivity index (χ3v) is 5.30. The van der Waals surface area contributed by atoms with E-state index >= 15 is 0 Å². The molecule has 0 bridgehead atoms. The normalized spacial score (nSPS) is 10.8. The molecule has 4 nitrogen and oxygen atoms in total. The van der Waals surface area contributed by atoms with E-state index in [1.807, 2.05) is 37.4 Å². The number of aromatic nitrogens is 1. The van der Waals surface area contributed by atoms with Crippen molar-refractivity contribution in [2.75, 3.05) is 6.54 Å². The summed E-state index contributed by atoms with van der Waals surface area (Å²) in [4.78, 5) is 18.6. The predicted octanol–water partition coefficient (Wildman–Crippen LogP) is 4.05. The highest BCUT2D eigenvalue weighted by atomic mass is 32.1. The molecule has 0 aliphatic rings. The highest BCUT2D eigenvalue weighted by Crippen LogP contribution is 2.29. The molecule has 22 heavy (non-hydrogen) atoms. The van der Waals surface area contributed by atoms with Crippen molar-refractivity contribution in [1.82, 2.24) is 10.3 Å². The molecule has 1 amide bonds. The van der Waals surface area contributed by atoms with Gasteiger partial charge in [0.05, 0.1) is 5.69 Å². The van der Waals surface area contributed by atoms with E-state index in [2.05, 4.69) is 16.4 Å². The Morgan fingerprint density at radius 2 is 2.18 bits per heavy atom. The summed E-state index contributed by atoms with van der Waals surface area (Å²) < 4.78 is 5.57. The molecule has 0 aliphatic carbocycles. The largest absolute Gasteiger partial charge is 0.459 e. The number of nitrogens with zero attached hydrogens (tertiary/aromatic N) is 1. The van der Waals surface area contributed by atoms with Crippen LogP contribution in [-0.4, -0.2) is 17.4 Å². The number of amides is 1. The summed E-state index contributed by atoms with van der Waals surface area (Å²) in [5.41, 5.74) is 0.739. The number of carbonyl (C=O) groups excluding carboxylic acids is 1. The Morgan fingerprint density at radius 1 is 1.32 bits per heavy atom. The number of furan rings is 1. The Bertz CT molecular complexity index is 772. The van der Waals surface area contributed by atoms with Crippen molar-refractivity contribution in [3.63, 3.8) is 0 Å². The predicted molar refractivity (Wildman–Crippen MR) is 89.6 cm³/mol. The third-order valence-electron chi connectivity index (χ3n) is 3.19. The van der Waals surface area contributed by atoms with Gasteiger partial charge >= 0.3 is 0 Å². The summed E-state index contributed by atoms with van der Waals surface area (Å²) >= 11 is 3.07. The average molecular weight is 332 g/mol. The Morgan fingerprint density at radius 3 is 2.86 bits per heavy atom. The minimum absolute atomic E-state index is 0.0684. The van der Waals surface area contributed by atoms with Gasteiger partial charge in [-0.2, -0.15) is 0 Å². The first-order valence-corrected chi connectivity index (χ1v) is 8.68. The summed E-state index contributed by atoms with van der Waals surface area (Å²) in [7, 11) is 0. The fraction of sp³-hybridized carbons (Fsp3) is 0.250. The molecule has 6 heteroatoms. The fourth-order valence-electron chi connectivity index (χ4n) is 2.10. The van der Waals surface area contributed by atoms with Crippen LogP contribution < -0.4 is 5.32 Å². The smallest absolute Gasteiger partial charge is 0.263 e. The highest BCUT2D eigenvalue weighted by molar-refractivity contribution is 7.17. The van der Waals surface area contributed by atoms with Crippen LogP contribution in [0.5, 0.6) is 0 Å². The zero-order valence-corrected chi connectivity index (χ0v) is 14.0. The Kier molecular flexibility index (Phi) is 4.40. The Balaban J connectivity index is 1.66. The van der Waals surface area contributed by atoms with Crippen LogP contribution in [0.4, 0.5) is 0 Å². The van der Waals surface area contributed by atoms with Gasteiger partial charge in [-0.3, -0.25) is 4.79 Å². The first-order chi connectivity index (χ1) is 10.6. The first kappa shape index (κ1) is 15.0. The van der Waals surface area contributed by atoms with E-state index in [9.17, 15) is 4.79 Å². The molecule has 0 spiro atoms. The van der Waals surface area contributed by atoms with Crippen molar-refractivity contribution < 1.29 is 9.21 Å². The van der Waals surface area contributed by atoms with Gasteiger partial charge < -0.3 is 9.73 Å². The van der Waals surface area contributed by atoms with Crippen molar-refractivity contribution in [3.05, 3.63) is 50.9 Å². The topological polar surface area (TPSA) is 55.1 Å². The summed E-state index contributed by atoms with van der Waals surface area (Å²) in [5.74, 6) is 1.48. The summed E-state index contributed by atoms with van der Waals surface area (Å²) in [6.45, 7) is 4.37. The lowest BCUT2D eigenvalue weighted by Crippen LogP contribution is -2.25. The monoisotopic (exact) mass is 332 g/mol. The van der Waals surface area contributed by atoms with Crippen LogP contribution in [0.15, 0.2) is 34.1 Å². The van der Waals surface area contributed by atoms with Gasteiger partial charge in [0.2, 0.25) is 0 Å². The van der Waals surface area contributed by atoms with E-state index in [-0.39, 0.29) is 5.91 Å². The second kappa shape index (κ2) is 6.46. The highest BCUT2D eigenvalue weighted by Gasteiger charge is 2.17. The molecule has 0 atom stereocenters. The SMILES string of the molecule is Cc1ccc(-c2nc(C)c(C(=O)NCCc3cccs3)s2)o1. The molecule has 1 N–H and O–H groups in total. The van der Waals surface area contributed by atoms with Crippen LogP contribution in [0.3, 0.4) is 0 Å². The van der Waals surface area contributed by atoms with Gasteiger partial charge in [-0.15, -0.1) is 22.7 Å². The van der Waals surface area contributed by atoms with Gasteiger partial charge in [-0.05, 0) is 43.8 Å². The lowest BCUT2D eigenvalue weighted by molar-refractivity contribution is 0.0957. The maximum absolute atomic E-state index is 12.3. The van der Waals surface area contributed by atoms with Crippen molar-refractivity contribution in [2.45, 2.75) is 20.3 Å². The standard InChI is InChI=1S/C16H16N2O2S2/c1-10-5-6-13(20-10)16-18-11(2)14(22-16)15(19)17-8-7-12-4-3-9-21-12/h3-6,9H,7-8H2,1-2H3,(H,17,19). The molecular formula is C16H16N2O2S2. The fourth-order valence-corrected chi connectivity index (χ4v) is 3.75. The summed E-state index contributed by atoms with van der Waals surface area (Å²) in [6.07, 6.45) is 0.853. The number of hydrogen-bond acceptors (Lipinski definition) is 5. The molecular weight excluding hydrogens is 316 g/mol. The second-order valence-corrected chi connectivity index (χ2v) is 6.96. The van der Waals surface area contributed by atoms with E-state index in [1.54, 1.807) is 11.3 Å². The number of rotatable bonds is 5. The van der Waals surface area contributed by atoms with Crippen molar-refractivity contribution >= 4 is 28.6 Å². The van der Waals surface area contributed by atoms with Crippen LogP contribution in [0.25, 0.3) is 10.8 Å². The molecule has 0 saturated heterocycles. The molecule has 0 radical (unpaired) electrons. The first-order valence-electron chi connectivity index (χ1n) is 6.98. The molecule has 0 aliphatic heterocycles. The molecule has 114 valence electrons. The van der Waals surface area contributed by atoms with E-state index in [0.717, 1.165) is 22.9 Å². The van der Waals surface area contributed by atoms with E-state index in [1.165, 1.54) is 16.2 Å². The van der Waals surface area contributed by atoms with Crippen LogP contribution in [-0.2, 0) is 6.42 Å². The minimum Gasteiger partial charge on any atom is -0.459 e. The molecule has 0 aromatic carbocycles. The molecule has 3 aromatic rings. The van der Waals surface area contributed by atoms with Crippen LogP contribution in [0, 0.1) is 13.8 Å². The molecule has 0 unspecified atom stereocenters. The molecule has 3 rings (SSSR count). The van der Waals surface area contributed by atoms with Gasteiger partial charge in [0.25, 0.3) is 5.91 Å². The van der Waals surface area contributed by atoms with Gasteiger partial charge in [0, 0.05) is 11.4 Å². The van der Waals surface area contributed by atoms with Gasteiger partial charge in [-0.25, -0.2) is 4.98 Å². The van der Waals surface area contributed by atoms with Gasteiger partial charge in [-0.1, -0.05) is 6.07 Å². The number of carbonyl (C=O) groups is 1. The number of nitrogens with one attached hydrogen (secondary N) is 1. The molecule has 3 aromatic heterocycles. The summed E-state index contributed by atoms with van der Waals surface area (Å²) in [6, 6.07) is 7.87. The van der Waals surface area contributed by atoms with Crippen molar-refractivity contribution in [2.24, 2.45) is 0 Å². The third kappa shape index (κ3) is 3.28. The van der Waals surface area contributed by atoms with Crippen LogP contribution in [0.2, 0.25) is 0 Å².